The molecule has 1 aromatic carbocycles. The Morgan fingerprint density at radius 1 is 1.21 bits per heavy atom. The highest BCUT2D eigenvalue weighted by molar-refractivity contribution is 5.85. The van der Waals surface area contributed by atoms with Crippen LogP contribution in [0.4, 0.5) is 0 Å². The third-order valence-electron chi connectivity index (χ3n) is 4.00. The summed E-state index contributed by atoms with van der Waals surface area (Å²) in [5.41, 5.74) is 0. The van der Waals surface area contributed by atoms with E-state index in [9.17, 15) is 4.79 Å². The number of hydrogen-bond acceptors (Lipinski definition) is 4. The molecule has 0 unspecified atom stereocenters. The smallest absolute Gasteiger partial charge is 0.248 e. The van der Waals surface area contributed by atoms with E-state index in [1.54, 1.807) is 0 Å². The lowest BCUT2D eigenvalue weighted by Gasteiger charge is -2.34. The molecule has 0 bridgehead atoms. The van der Waals surface area contributed by atoms with Crippen molar-refractivity contribution in [2.24, 2.45) is 0 Å². The number of carbonyl (C=O) groups is 1. The number of rotatable bonds is 9. The van der Waals surface area contributed by atoms with E-state index in [0.717, 1.165) is 44.6 Å². The van der Waals surface area contributed by atoms with Crippen molar-refractivity contribution in [2.45, 2.75) is 32.2 Å². The van der Waals surface area contributed by atoms with Gasteiger partial charge in [-0.2, -0.15) is 0 Å². The first-order chi connectivity index (χ1) is 11.3. The van der Waals surface area contributed by atoms with Gasteiger partial charge in [0, 0.05) is 12.6 Å². The second-order valence-corrected chi connectivity index (χ2v) is 5.78. The van der Waals surface area contributed by atoms with Gasteiger partial charge >= 0.3 is 0 Å². The normalized spacial score (nSPS) is 14.7. The van der Waals surface area contributed by atoms with Crippen molar-refractivity contribution in [2.75, 3.05) is 39.5 Å². The topological polar surface area (TPSA) is 50.8 Å². The number of nitrogens with one attached hydrogen (secondary N) is 1. The maximum absolute atomic E-state index is 12.4. The maximum atomic E-state index is 12.4. The number of carbonyl (C=O) groups excluding carboxylic acids is 1. The number of hydrogen-bond donors (Lipinski definition) is 1. The highest BCUT2D eigenvalue weighted by Crippen LogP contribution is 2.13. The van der Waals surface area contributed by atoms with Gasteiger partial charge in [-0.1, -0.05) is 25.1 Å². The Morgan fingerprint density at radius 3 is 2.58 bits per heavy atom. The molecule has 1 N–H and O–H groups in total. The number of para-hydroxylation sites is 1. The van der Waals surface area contributed by atoms with Crippen LogP contribution in [0.1, 0.15) is 26.2 Å². The molecule has 1 aromatic rings. The molecule has 0 atom stereocenters. The van der Waals surface area contributed by atoms with Crippen LogP contribution in [0.15, 0.2) is 30.3 Å². The quantitative estimate of drug-likeness (QED) is 0.691. The van der Waals surface area contributed by atoms with Crippen LogP contribution >= 0.6 is 12.4 Å². The van der Waals surface area contributed by atoms with Crippen molar-refractivity contribution < 1.29 is 14.3 Å². The number of piperidine rings is 1. The van der Waals surface area contributed by atoms with E-state index in [1.165, 1.54) is 0 Å². The molecule has 1 aliphatic heterocycles. The van der Waals surface area contributed by atoms with E-state index in [4.69, 9.17) is 9.47 Å². The average Bonchev–Trinajstić information content (AvgIpc) is 2.61. The van der Waals surface area contributed by atoms with Crippen molar-refractivity contribution in [1.29, 1.82) is 0 Å². The summed E-state index contributed by atoms with van der Waals surface area (Å²) in [6.07, 6.45) is 3.04. The fraction of sp³-hybridized carbons (Fsp3) is 0.611. The minimum atomic E-state index is 0. The number of amides is 1. The van der Waals surface area contributed by atoms with E-state index in [1.807, 2.05) is 35.2 Å². The Morgan fingerprint density at radius 2 is 1.92 bits per heavy atom. The van der Waals surface area contributed by atoms with E-state index < -0.39 is 0 Å². The number of halogens is 1. The van der Waals surface area contributed by atoms with Gasteiger partial charge in [0.25, 0.3) is 0 Å². The number of nitrogens with zero attached hydrogens (tertiary/aromatic N) is 1. The standard InChI is InChI=1S/C18H28N2O3.ClH/c1-2-12-20(16-8-10-19-11-9-16)18(21)15-22-13-14-23-17-6-4-3-5-7-17;/h3-7,16,19H,2,8-15H2,1H3;1H. The predicted octanol–water partition coefficient (Wildman–Crippen LogP) is 2.49. The molecule has 0 radical (unpaired) electrons. The molecule has 0 spiro atoms. The van der Waals surface area contributed by atoms with Gasteiger partial charge < -0.3 is 19.7 Å². The van der Waals surface area contributed by atoms with Gasteiger partial charge in [-0.05, 0) is 44.5 Å². The van der Waals surface area contributed by atoms with Crippen molar-refractivity contribution in [1.82, 2.24) is 10.2 Å². The molecule has 5 nitrogen and oxygen atoms in total. The van der Waals surface area contributed by atoms with Crippen LogP contribution < -0.4 is 10.1 Å². The Kier molecular flexibility index (Phi) is 10.5. The van der Waals surface area contributed by atoms with E-state index in [-0.39, 0.29) is 24.9 Å². The third-order valence-corrected chi connectivity index (χ3v) is 4.00. The van der Waals surface area contributed by atoms with Crippen molar-refractivity contribution in [3.8, 4) is 5.75 Å². The zero-order valence-electron chi connectivity index (χ0n) is 14.4. The highest BCUT2D eigenvalue weighted by atomic mass is 35.5. The fourth-order valence-electron chi connectivity index (χ4n) is 2.85. The molecule has 1 heterocycles. The predicted molar refractivity (Wildman–Crippen MR) is 97.9 cm³/mol. The molecule has 6 heteroatoms. The zero-order valence-corrected chi connectivity index (χ0v) is 15.2. The first-order valence-electron chi connectivity index (χ1n) is 8.57. The van der Waals surface area contributed by atoms with Crippen molar-refractivity contribution in [3.63, 3.8) is 0 Å². The minimum Gasteiger partial charge on any atom is -0.491 e. The largest absolute Gasteiger partial charge is 0.491 e. The first kappa shape index (κ1) is 20.7. The van der Waals surface area contributed by atoms with Crippen LogP contribution in [-0.2, 0) is 9.53 Å². The minimum absolute atomic E-state index is 0. The molecule has 1 saturated heterocycles. The molecular formula is C18H29ClN2O3. The molecular weight excluding hydrogens is 328 g/mol. The summed E-state index contributed by atoms with van der Waals surface area (Å²) in [5.74, 6) is 0.920. The molecule has 2 rings (SSSR count). The Hall–Kier alpha value is -1.30. The maximum Gasteiger partial charge on any atom is 0.248 e. The second-order valence-electron chi connectivity index (χ2n) is 5.78. The van der Waals surface area contributed by atoms with E-state index in [0.29, 0.717) is 19.3 Å². The highest BCUT2D eigenvalue weighted by Gasteiger charge is 2.24. The Labute approximate surface area is 151 Å². The summed E-state index contributed by atoms with van der Waals surface area (Å²) >= 11 is 0. The SMILES string of the molecule is CCCN(C(=O)COCCOc1ccccc1)C1CCNCC1.Cl. The lowest BCUT2D eigenvalue weighted by Crippen LogP contribution is -2.47. The average molecular weight is 357 g/mol. The fourth-order valence-corrected chi connectivity index (χ4v) is 2.85. The number of ether oxygens (including phenoxy) is 2. The lowest BCUT2D eigenvalue weighted by atomic mass is 10.0. The van der Waals surface area contributed by atoms with Gasteiger partial charge in [0.2, 0.25) is 5.91 Å². The van der Waals surface area contributed by atoms with Crippen molar-refractivity contribution >= 4 is 18.3 Å². The van der Waals surface area contributed by atoms with Gasteiger partial charge in [-0.25, -0.2) is 0 Å². The lowest BCUT2D eigenvalue weighted by molar-refractivity contribution is -0.139. The van der Waals surface area contributed by atoms with Crippen LogP contribution in [0.5, 0.6) is 5.75 Å². The Bertz CT molecular complexity index is 453. The molecule has 1 aliphatic rings. The molecule has 1 fully saturated rings. The van der Waals surface area contributed by atoms with Crippen LogP contribution in [-0.4, -0.2) is 56.3 Å². The van der Waals surface area contributed by atoms with Crippen molar-refractivity contribution in [3.05, 3.63) is 30.3 Å². The van der Waals surface area contributed by atoms with Gasteiger partial charge in [0.15, 0.2) is 0 Å². The zero-order chi connectivity index (χ0) is 16.3. The Balaban J connectivity index is 0.00000288. The van der Waals surface area contributed by atoms with Gasteiger partial charge in [-0.15, -0.1) is 12.4 Å². The number of benzene rings is 1. The summed E-state index contributed by atoms with van der Waals surface area (Å²) in [6.45, 7) is 5.92. The van der Waals surface area contributed by atoms with Gasteiger partial charge in [0.1, 0.15) is 19.0 Å². The molecule has 24 heavy (non-hydrogen) atoms. The summed E-state index contributed by atoms with van der Waals surface area (Å²) in [7, 11) is 0. The van der Waals surface area contributed by atoms with E-state index >= 15 is 0 Å². The van der Waals surface area contributed by atoms with Gasteiger partial charge in [-0.3, -0.25) is 4.79 Å². The third kappa shape index (κ3) is 7.07. The summed E-state index contributed by atoms with van der Waals surface area (Å²) in [6, 6.07) is 9.98. The monoisotopic (exact) mass is 356 g/mol. The summed E-state index contributed by atoms with van der Waals surface area (Å²) in [4.78, 5) is 14.4. The summed E-state index contributed by atoms with van der Waals surface area (Å²) in [5, 5.41) is 3.34. The first-order valence-corrected chi connectivity index (χ1v) is 8.57. The van der Waals surface area contributed by atoms with Crippen LogP contribution in [0.3, 0.4) is 0 Å². The molecule has 0 saturated carbocycles. The molecule has 0 aliphatic carbocycles. The second kappa shape index (κ2) is 12.1. The van der Waals surface area contributed by atoms with Gasteiger partial charge in [0.05, 0.1) is 6.61 Å². The van der Waals surface area contributed by atoms with Crippen LogP contribution in [0.25, 0.3) is 0 Å². The molecule has 136 valence electrons. The summed E-state index contributed by atoms with van der Waals surface area (Å²) < 4.78 is 11.1. The van der Waals surface area contributed by atoms with Crippen LogP contribution in [0, 0.1) is 0 Å². The molecule has 0 aromatic heterocycles. The molecule has 1 amide bonds. The van der Waals surface area contributed by atoms with Crippen LogP contribution in [0.2, 0.25) is 0 Å². The van der Waals surface area contributed by atoms with E-state index in [2.05, 4.69) is 12.2 Å².